The van der Waals surface area contributed by atoms with E-state index in [2.05, 4.69) is 20.4 Å². The third kappa shape index (κ3) is 4.19. The first-order chi connectivity index (χ1) is 11.3. The van der Waals surface area contributed by atoms with E-state index < -0.39 is 0 Å². The van der Waals surface area contributed by atoms with Crippen molar-refractivity contribution in [1.82, 2.24) is 15.5 Å². The summed E-state index contributed by atoms with van der Waals surface area (Å²) < 4.78 is 0. The van der Waals surface area contributed by atoms with Crippen molar-refractivity contribution in [3.63, 3.8) is 0 Å². The van der Waals surface area contributed by atoms with Gasteiger partial charge in [-0.05, 0) is 43.7 Å². The Morgan fingerprint density at radius 3 is 2.48 bits per heavy atom. The molecular formula is C17H26N4O2. The Morgan fingerprint density at radius 2 is 1.87 bits per heavy atom. The summed E-state index contributed by atoms with van der Waals surface area (Å²) in [4.78, 5) is 14.4. The maximum absolute atomic E-state index is 12.2. The van der Waals surface area contributed by atoms with Gasteiger partial charge in [-0.25, -0.2) is 0 Å². The molecule has 1 aliphatic carbocycles. The first kappa shape index (κ1) is 16.2. The molecule has 1 aromatic heterocycles. The summed E-state index contributed by atoms with van der Waals surface area (Å²) in [7, 11) is 0. The van der Waals surface area contributed by atoms with Crippen LogP contribution in [0.1, 0.15) is 55.4 Å². The molecule has 1 saturated heterocycles. The molecule has 0 bridgehead atoms. The molecule has 0 unspecified atom stereocenters. The molecule has 23 heavy (non-hydrogen) atoms. The first-order valence-corrected chi connectivity index (χ1v) is 8.76. The van der Waals surface area contributed by atoms with Crippen LogP contribution >= 0.6 is 0 Å². The highest BCUT2D eigenvalue weighted by molar-refractivity contribution is 5.92. The average Bonchev–Trinajstić information content (AvgIpc) is 2.63. The van der Waals surface area contributed by atoms with Gasteiger partial charge in [-0.3, -0.25) is 4.79 Å². The maximum atomic E-state index is 12.2. The number of nitrogens with zero attached hydrogens (tertiary/aromatic N) is 3. The molecule has 0 atom stereocenters. The number of hydrogen-bond acceptors (Lipinski definition) is 5. The van der Waals surface area contributed by atoms with E-state index >= 15 is 0 Å². The Kier molecular flexibility index (Phi) is 5.43. The molecule has 126 valence electrons. The third-order valence-electron chi connectivity index (χ3n) is 5.02. The van der Waals surface area contributed by atoms with E-state index in [0.717, 1.165) is 44.6 Å². The van der Waals surface area contributed by atoms with Gasteiger partial charge in [-0.15, -0.1) is 10.2 Å². The Balaban J connectivity index is 1.55. The fraction of sp³-hybridized carbons (Fsp3) is 0.706. The summed E-state index contributed by atoms with van der Waals surface area (Å²) in [5, 5.41) is 20.6. The van der Waals surface area contributed by atoms with Gasteiger partial charge in [-0.1, -0.05) is 19.3 Å². The van der Waals surface area contributed by atoms with Crippen molar-refractivity contribution in [3.05, 3.63) is 17.8 Å². The molecule has 2 N–H and O–H groups in total. The Morgan fingerprint density at radius 1 is 1.13 bits per heavy atom. The quantitative estimate of drug-likeness (QED) is 0.884. The molecule has 3 rings (SSSR count). The van der Waals surface area contributed by atoms with Crippen LogP contribution in [0.5, 0.6) is 0 Å². The van der Waals surface area contributed by atoms with Crippen molar-refractivity contribution in [2.75, 3.05) is 24.6 Å². The van der Waals surface area contributed by atoms with Gasteiger partial charge in [0.1, 0.15) is 0 Å². The molecule has 1 saturated carbocycles. The number of rotatable bonds is 4. The number of aliphatic hydroxyl groups is 1. The molecular weight excluding hydrogens is 292 g/mol. The maximum Gasteiger partial charge on any atom is 0.272 e. The van der Waals surface area contributed by atoms with Gasteiger partial charge in [-0.2, -0.15) is 0 Å². The zero-order chi connectivity index (χ0) is 16.1. The standard InChI is InChI=1S/C17H26N4O2/c22-12-13-8-10-21(11-9-13)16-7-6-15(19-20-16)17(23)18-14-4-2-1-3-5-14/h6-7,13-14,22H,1-5,8-12H2,(H,18,23). The van der Waals surface area contributed by atoms with Gasteiger partial charge in [0, 0.05) is 25.7 Å². The van der Waals surface area contributed by atoms with Crippen LogP contribution < -0.4 is 10.2 Å². The molecule has 1 aromatic rings. The number of aliphatic hydroxyl groups excluding tert-OH is 1. The van der Waals surface area contributed by atoms with Crippen molar-refractivity contribution in [2.24, 2.45) is 5.92 Å². The van der Waals surface area contributed by atoms with Gasteiger partial charge in [0.25, 0.3) is 5.91 Å². The van der Waals surface area contributed by atoms with Crippen LogP contribution in [0.4, 0.5) is 5.82 Å². The SMILES string of the molecule is O=C(NC1CCCCC1)c1ccc(N2CCC(CO)CC2)nn1. The monoisotopic (exact) mass is 318 g/mol. The number of carbonyl (C=O) groups is 1. The first-order valence-electron chi connectivity index (χ1n) is 8.76. The number of carbonyl (C=O) groups excluding carboxylic acids is 1. The predicted molar refractivity (Wildman–Crippen MR) is 88.4 cm³/mol. The van der Waals surface area contributed by atoms with Crippen molar-refractivity contribution in [3.8, 4) is 0 Å². The minimum absolute atomic E-state index is 0.116. The molecule has 2 heterocycles. The number of anilines is 1. The molecule has 1 aliphatic heterocycles. The van der Waals surface area contributed by atoms with Gasteiger partial charge < -0.3 is 15.3 Å². The highest BCUT2D eigenvalue weighted by Crippen LogP contribution is 2.21. The number of hydrogen-bond donors (Lipinski definition) is 2. The summed E-state index contributed by atoms with van der Waals surface area (Å²) in [6, 6.07) is 3.93. The topological polar surface area (TPSA) is 78.4 Å². The Labute approximate surface area is 137 Å². The average molecular weight is 318 g/mol. The van der Waals surface area contributed by atoms with Crippen LogP contribution in [0.3, 0.4) is 0 Å². The zero-order valence-corrected chi connectivity index (χ0v) is 13.6. The van der Waals surface area contributed by atoms with Gasteiger partial charge in [0.2, 0.25) is 0 Å². The van der Waals surface area contributed by atoms with E-state index in [9.17, 15) is 9.90 Å². The zero-order valence-electron chi connectivity index (χ0n) is 13.6. The second-order valence-electron chi connectivity index (χ2n) is 6.70. The molecule has 0 spiro atoms. The third-order valence-corrected chi connectivity index (χ3v) is 5.02. The van der Waals surface area contributed by atoms with Crippen molar-refractivity contribution in [2.45, 2.75) is 51.0 Å². The second-order valence-corrected chi connectivity index (χ2v) is 6.70. The fourth-order valence-corrected chi connectivity index (χ4v) is 3.47. The minimum atomic E-state index is -0.116. The van der Waals surface area contributed by atoms with E-state index in [1.165, 1.54) is 19.3 Å². The predicted octanol–water partition coefficient (Wildman–Crippen LogP) is 1.75. The Hall–Kier alpha value is -1.69. The highest BCUT2D eigenvalue weighted by Gasteiger charge is 2.21. The van der Waals surface area contributed by atoms with Crippen molar-refractivity contribution >= 4 is 11.7 Å². The van der Waals surface area contributed by atoms with Crippen molar-refractivity contribution in [1.29, 1.82) is 0 Å². The van der Waals surface area contributed by atoms with Crippen LogP contribution in [0.15, 0.2) is 12.1 Å². The number of nitrogens with one attached hydrogen (secondary N) is 1. The largest absolute Gasteiger partial charge is 0.396 e. The minimum Gasteiger partial charge on any atom is -0.396 e. The van der Waals surface area contributed by atoms with Crippen molar-refractivity contribution < 1.29 is 9.90 Å². The molecule has 0 aromatic carbocycles. The van der Waals surface area contributed by atoms with Crippen LogP contribution in [0.2, 0.25) is 0 Å². The lowest BCUT2D eigenvalue weighted by atomic mass is 9.95. The normalized spacial score (nSPS) is 20.5. The number of aromatic nitrogens is 2. The van der Waals surface area contributed by atoms with Crippen LogP contribution in [0, 0.1) is 5.92 Å². The lowest BCUT2D eigenvalue weighted by Crippen LogP contribution is -2.37. The van der Waals surface area contributed by atoms with E-state index in [4.69, 9.17) is 0 Å². The summed E-state index contributed by atoms with van der Waals surface area (Å²) in [5.41, 5.74) is 0.393. The lowest BCUT2D eigenvalue weighted by Gasteiger charge is -2.31. The molecule has 0 radical (unpaired) electrons. The molecule has 2 aliphatic rings. The summed E-state index contributed by atoms with van der Waals surface area (Å²) in [5.74, 6) is 1.10. The summed E-state index contributed by atoms with van der Waals surface area (Å²) in [6.07, 6.45) is 7.74. The van der Waals surface area contributed by atoms with Crippen LogP contribution in [-0.4, -0.2) is 46.9 Å². The van der Waals surface area contributed by atoms with Crippen LogP contribution in [0.25, 0.3) is 0 Å². The van der Waals surface area contributed by atoms with Crippen LogP contribution in [-0.2, 0) is 0 Å². The highest BCUT2D eigenvalue weighted by atomic mass is 16.3. The number of amides is 1. The van der Waals surface area contributed by atoms with Gasteiger partial charge >= 0.3 is 0 Å². The van der Waals surface area contributed by atoms with E-state index in [-0.39, 0.29) is 18.6 Å². The van der Waals surface area contributed by atoms with Gasteiger partial charge in [0.15, 0.2) is 11.5 Å². The molecule has 1 amide bonds. The van der Waals surface area contributed by atoms with E-state index in [0.29, 0.717) is 11.6 Å². The number of piperidine rings is 1. The molecule has 6 heteroatoms. The second kappa shape index (κ2) is 7.73. The Bertz CT molecular complexity index is 506. The summed E-state index contributed by atoms with van der Waals surface area (Å²) in [6.45, 7) is 2.03. The molecule has 6 nitrogen and oxygen atoms in total. The summed E-state index contributed by atoms with van der Waals surface area (Å²) >= 11 is 0. The smallest absolute Gasteiger partial charge is 0.272 e. The molecule has 2 fully saturated rings. The lowest BCUT2D eigenvalue weighted by molar-refractivity contribution is 0.0921. The van der Waals surface area contributed by atoms with Gasteiger partial charge in [0.05, 0.1) is 0 Å². The van der Waals surface area contributed by atoms with E-state index in [1.54, 1.807) is 6.07 Å². The van der Waals surface area contributed by atoms with E-state index in [1.807, 2.05) is 6.07 Å². The fourth-order valence-electron chi connectivity index (χ4n) is 3.47.